The Morgan fingerprint density at radius 3 is 2.85 bits per heavy atom. The number of anilines is 1. The molecular formula is C15H20N4O. The van der Waals surface area contributed by atoms with E-state index in [1.165, 1.54) is 0 Å². The van der Waals surface area contributed by atoms with Crippen molar-refractivity contribution in [1.82, 2.24) is 0 Å². The molecule has 0 aromatic heterocycles. The van der Waals surface area contributed by atoms with E-state index in [4.69, 9.17) is 15.7 Å². The molecule has 0 saturated heterocycles. The van der Waals surface area contributed by atoms with Gasteiger partial charge in [0.25, 0.3) is 0 Å². The number of ether oxygens (including phenoxy) is 1. The van der Waals surface area contributed by atoms with Gasteiger partial charge in [0.1, 0.15) is 0 Å². The first-order valence-corrected chi connectivity index (χ1v) is 6.74. The summed E-state index contributed by atoms with van der Waals surface area (Å²) < 4.78 is 5.14. The zero-order chi connectivity index (χ0) is 14.4. The molecule has 0 aliphatic heterocycles. The molecule has 1 aromatic carbocycles. The highest BCUT2D eigenvalue weighted by molar-refractivity contribution is 5.93. The first kappa shape index (κ1) is 14.4. The van der Waals surface area contributed by atoms with Gasteiger partial charge in [-0.2, -0.15) is 5.26 Å². The number of hydrogen-bond acceptors (Lipinski definition) is 3. The molecule has 1 aromatic rings. The second kappa shape index (κ2) is 6.40. The Hall–Kier alpha value is -2.06. The lowest BCUT2D eigenvalue weighted by molar-refractivity contribution is 0.185. The summed E-state index contributed by atoms with van der Waals surface area (Å²) in [7, 11) is 1.65. The number of methoxy groups -OCH3 is 1. The van der Waals surface area contributed by atoms with Crippen LogP contribution in [0.25, 0.3) is 0 Å². The smallest absolute Gasteiger partial charge is 0.193 e. The van der Waals surface area contributed by atoms with Gasteiger partial charge in [-0.3, -0.25) is 4.99 Å². The van der Waals surface area contributed by atoms with Crippen molar-refractivity contribution in [1.29, 1.82) is 5.26 Å². The van der Waals surface area contributed by atoms with Crippen molar-refractivity contribution >= 4 is 11.6 Å². The van der Waals surface area contributed by atoms with Gasteiger partial charge < -0.3 is 15.8 Å². The molecule has 0 heterocycles. The molecule has 1 saturated carbocycles. The molecule has 106 valence electrons. The molecule has 1 aliphatic rings. The van der Waals surface area contributed by atoms with Gasteiger partial charge in [0.2, 0.25) is 0 Å². The van der Waals surface area contributed by atoms with E-state index in [-0.39, 0.29) is 5.41 Å². The number of benzene rings is 1. The van der Waals surface area contributed by atoms with E-state index in [1.54, 1.807) is 7.11 Å². The number of nitrogens with one attached hydrogen (secondary N) is 1. The van der Waals surface area contributed by atoms with E-state index in [0.29, 0.717) is 19.1 Å². The summed E-state index contributed by atoms with van der Waals surface area (Å²) in [5.74, 6) is 0.343. The highest BCUT2D eigenvalue weighted by Crippen LogP contribution is 2.40. The lowest BCUT2D eigenvalue weighted by atomic mass is 9.70. The van der Waals surface area contributed by atoms with Crippen molar-refractivity contribution in [2.45, 2.75) is 25.9 Å². The van der Waals surface area contributed by atoms with Gasteiger partial charge in [-0.05, 0) is 18.9 Å². The van der Waals surface area contributed by atoms with Crippen LogP contribution in [0.5, 0.6) is 0 Å². The van der Waals surface area contributed by atoms with E-state index >= 15 is 0 Å². The summed E-state index contributed by atoms with van der Waals surface area (Å²) in [5.41, 5.74) is 7.51. The Labute approximate surface area is 119 Å². The maximum absolute atomic E-state index is 9.16. The van der Waals surface area contributed by atoms with E-state index in [1.807, 2.05) is 24.3 Å². The van der Waals surface area contributed by atoms with Crippen LogP contribution in [-0.2, 0) is 11.3 Å². The molecule has 20 heavy (non-hydrogen) atoms. The Kier molecular flexibility index (Phi) is 4.59. The van der Waals surface area contributed by atoms with Crippen molar-refractivity contribution in [3.05, 3.63) is 29.8 Å². The molecule has 2 rings (SSSR count). The highest BCUT2D eigenvalue weighted by atomic mass is 16.5. The summed E-state index contributed by atoms with van der Waals surface area (Å²) >= 11 is 0. The Balaban J connectivity index is 2.00. The summed E-state index contributed by atoms with van der Waals surface area (Å²) in [6.45, 7) is 0.980. The lowest BCUT2D eigenvalue weighted by Crippen LogP contribution is -2.33. The van der Waals surface area contributed by atoms with Crippen molar-refractivity contribution in [3.8, 4) is 6.07 Å². The topological polar surface area (TPSA) is 83.4 Å². The first-order valence-electron chi connectivity index (χ1n) is 6.74. The van der Waals surface area contributed by atoms with E-state index in [0.717, 1.165) is 30.5 Å². The second-order valence-corrected chi connectivity index (χ2v) is 5.16. The van der Waals surface area contributed by atoms with Crippen LogP contribution < -0.4 is 11.1 Å². The quantitative estimate of drug-likeness (QED) is 0.636. The van der Waals surface area contributed by atoms with Crippen molar-refractivity contribution in [3.63, 3.8) is 0 Å². The Bertz CT molecular complexity index is 529. The van der Waals surface area contributed by atoms with Gasteiger partial charge in [0, 0.05) is 18.4 Å². The molecule has 5 nitrogen and oxygen atoms in total. The number of rotatable bonds is 5. The summed E-state index contributed by atoms with van der Waals surface area (Å²) in [6, 6.07) is 10.1. The third kappa shape index (κ3) is 3.28. The van der Waals surface area contributed by atoms with E-state index in [2.05, 4.69) is 16.4 Å². The van der Waals surface area contributed by atoms with E-state index in [9.17, 15) is 0 Å². The molecule has 1 fully saturated rings. The average Bonchev–Trinajstić information content (AvgIpc) is 2.41. The monoisotopic (exact) mass is 272 g/mol. The van der Waals surface area contributed by atoms with Crippen molar-refractivity contribution in [2.24, 2.45) is 16.1 Å². The van der Waals surface area contributed by atoms with Crippen molar-refractivity contribution in [2.75, 3.05) is 19.0 Å². The van der Waals surface area contributed by atoms with Gasteiger partial charge in [0.15, 0.2) is 5.96 Å². The van der Waals surface area contributed by atoms with Crippen LogP contribution in [0.15, 0.2) is 29.3 Å². The van der Waals surface area contributed by atoms with Crippen LogP contribution >= 0.6 is 0 Å². The maximum atomic E-state index is 9.16. The van der Waals surface area contributed by atoms with Crippen LogP contribution in [-0.4, -0.2) is 19.6 Å². The van der Waals surface area contributed by atoms with Gasteiger partial charge in [0.05, 0.1) is 24.6 Å². The molecule has 0 bridgehead atoms. The first-order chi connectivity index (χ1) is 9.69. The summed E-state index contributed by atoms with van der Waals surface area (Å²) in [6.07, 6.45) is 2.94. The summed E-state index contributed by atoms with van der Waals surface area (Å²) in [5, 5.41) is 12.2. The third-order valence-corrected chi connectivity index (χ3v) is 3.68. The minimum Gasteiger partial charge on any atom is -0.380 e. The Morgan fingerprint density at radius 1 is 1.50 bits per heavy atom. The minimum absolute atomic E-state index is 0.293. The number of guanidine groups is 1. The SMILES string of the molecule is COCc1ccccc1NC(N)=NCC1(C#N)CCC1. The standard InChI is InChI=1S/C15H20N4O/c1-20-9-12-5-2-3-6-13(12)19-14(17)18-11-15(10-16)7-4-8-15/h2-3,5-6H,4,7-9,11H2,1H3,(H3,17,18,19). The minimum atomic E-state index is -0.293. The fraction of sp³-hybridized carbons (Fsp3) is 0.467. The van der Waals surface area contributed by atoms with Crippen LogP contribution in [0.4, 0.5) is 5.69 Å². The number of nitriles is 1. The molecule has 3 N–H and O–H groups in total. The fourth-order valence-corrected chi connectivity index (χ4v) is 2.25. The number of hydrogen-bond donors (Lipinski definition) is 2. The number of para-hydroxylation sites is 1. The van der Waals surface area contributed by atoms with Gasteiger partial charge in [-0.15, -0.1) is 0 Å². The van der Waals surface area contributed by atoms with Gasteiger partial charge >= 0.3 is 0 Å². The molecule has 0 spiro atoms. The van der Waals surface area contributed by atoms with E-state index < -0.39 is 0 Å². The number of aliphatic imine (C=N–C) groups is 1. The average molecular weight is 272 g/mol. The second-order valence-electron chi connectivity index (χ2n) is 5.16. The van der Waals surface area contributed by atoms with Crippen molar-refractivity contribution < 1.29 is 4.74 Å². The molecule has 0 atom stereocenters. The normalized spacial score (nSPS) is 17.1. The number of nitrogens with two attached hydrogens (primary N) is 1. The largest absolute Gasteiger partial charge is 0.380 e. The van der Waals surface area contributed by atoms with Gasteiger partial charge in [-0.25, -0.2) is 0 Å². The van der Waals surface area contributed by atoms with Crippen LogP contribution in [0.2, 0.25) is 0 Å². The van der Waals surface area contributed by atoms with Gasteiger partial charge in [-0.1, -0.05) is 24.6 Å². The summed E-state index contributed by atoms with van der Waals surface area (Å²) in [4.78, 5) is 4.31. The van der Waals surface area contributed by atoms with Crippen LogP contribution in [0.1, 0.15) is 24.8 Å². The lowest BCUT2D eigenvalue weighted by Gasteiger charge is -2.33. The molecular weight excluding hydrogens is 252 g/mol. The third-order valence-electron chi connectivity index (χ3n) is 3.68. The van der Waals surface area contributed by atoms with Crippen LogP contribution in [0, 0.1) is 16.7 Å². The molecule has 0 amide bonds. The predicted molar refractivity (Wildman–Crippen MR) is 79.2 cm³/mol. The molecule has 5 heteroatoms. The molecule has 1 aliphatic carbocycles. The zero-order valence-corrected chi connectivity index (χ0v) is 11.7. The molecule has 0 unspecified atom stereocenters. The maximum Gasteiger partial charge on any atom is 0.193 e. The highest BCUT2D eigenvalue weighted by Gasteiger charge is 2.36. The predicted octanol–water partition coefficient (Wildman–Crippen LogP) is 2.25. The zero-order valence-electron chi connectivity index (χ0n) is 11.7. The van der Waals surface area contributed by atoms with Crippen LogP contribution in [0.3, 0.4) is 0 Å². The fourth-order valence-electron chi connectivity index (χ4n) is 2.25. The molecule has 0 radical (unpaired) electrons. The Morgan fingerprint density at radius 2 is 2.25 bits per heavy atom. The number of nitrogens with zero attached hydrogens (tertiary/aromatic N) is 2.